The van der Waals surface area contributed by atoms with Gasteiger partial charge in [-0.15, -0.1) is 6.42 Å². The van der Waals surface area contributed by atoms with E-state index >= 15 is 0 Å². The molecule has 0 saturated carbocycles. The number of rotatable bonds is 2. The Labute approximate surface area is 77.0 Å². The van der Waals surface area contributed by atoms with E-state index in [1.54, 1.807) is 13.0 Å². The van der Waals surface area contributed by atoms with Gasteiger partial charge in [-0.3, -0.25) is 4.98 Å². The minimum absolute atomic E-state index is 0.351. The van der Waals surface area contributed by atoms with Gasteiger partial charge < -0.3 is 4.74 Å². The summed E-state index contributed by atoms with van der Waals surface area (Å²) in [5.41, 5.74) is 0.442. The topological polar surface area (TPSA) is 45.9 Å². The molecule has 13 heavy (non-hydrogen) atoms. The Bertz CT molecular complexity index is 373. The molecule has 0 aliphatic heterocycles. The quantitative estimate of drug-likeness (QED) is 0.632. The molecule has 1 atom stereocenters. The highest BCUT2D eigenvalue weighted by Gasteiger charge is 2.04. The van der Waals surface area contributed by atoms with Gasteiger partial charge in [0, 0.05) is 6.20 Å². The van der Waals surface area contributed by atoms with Crippen molar-refractivity contribution >= 4 is 0 Å². The average Bonchev–Trinajstić information content (AvgIpc) is 2.18. The van der Waals surface area contributed by atoms with Gasteiger partial charge in [0.15, 0.2) is 11.9 Å². The average molecular weight is 172 g/mol. The van der Waals surface area contributed by atoms with Crippen LogP contribution in [0.1, 0.15) is 12.5 Å². The van der Waals surface area contributed by atoms with Crippen LogP contribution in [-0.2, 0) is 0 Å². The fraction of sp³-hybridized carbons (Fsp3) is 0.200. The van der Waals surface area contributed by atoms with Gasteiger partial charge in [-0.05, 0) is 13.0 Å². The summed E-state index contributed by atoms with van der Waals surface area (Å²) in [5.74, 6) is 2.83. The third kappa shape index (κ3) is 2.21. The highest BCUT2D eigenvalue weighted by atomic mass is 16.5. The molecule has 1 heterocycles. The first-order chi connectivity index (χ1) is 6.27. The second kappa shape index (κ2) is 4.13. The molecule has 0 aliphatic carbocycles. The standard InChI is InChI=1S/C10H8N2O/c1-3-8(2)13-10-7-12-5-4-9(10)6-11/h1,4-5,7-8H,2H3. The lowest BCUT2D eigenvalue weighted by atomic mass is 10.3. The van der Waals surface area contributed by atoms with E-state index in [-0.39, 0.29) is 6.10 Å². The van der Waals surface area contributed by atoms with Crippen LogP contribution in [0.5, 0.6) is 5.75 Å². The van der Waals surface area contributed by atoms with Crippen LogP contribution in [0.15, 0.2) is 18.5 Å². The zero-order valence-corrected chi connectivity index (χ0v) is 7.19. The number of nitrogens with zero attached hydrogens (tertiary/aromatic N) is 2. The second-order valence-corrected chi connectivity index (χ2v) is 2.41. The molecule has 0 amide bonds. The van der Waals surface area contributed by atoms with E-state index < -0.39 is 0 Å². The molecule has 64 valence electrons. The SMILES string of the molecule is C#CC(C)Oc1cnccc1C#N. The van der Waals surface area contributed by atoms with Crippen LogP contribution in [0.25, 0.3) is 0 Å². The Kier molecular flexibility index (Phi) is 2.89. The first-order valence-corrected chi connectivity index (χ1v) is 3.75. The summed E-state index contributed by atoms with van der Waals surface area (Å²) < 4.78 is 5.26. The molecule has 0 fully saturated rings. The lowest BCUT2D eigenvalue weighted by molar-refractivity contribution is 0.277. The summed E-state index contributed by atoms with van der Waals surface area (Å²) in [4.78, 5) is 3.84. The van der Waals surface area contributed by atoms with Crippen molar-refractivity contribution in [3.8, 4) is 24.2 Å². The van der Waals surface area contributed by atoms with Crippen molar-refractivity contribution < 1.29 is 4.74 Å². The van der Waals surface area contributed by atoms with Gasteiger partial charge in [0.1, 0.15) is 6.07 Å². The van der Waals surface area contributed by atoms with Gasteiger partial charge in [0.25, 0.3) is 0 Å². The molecule has 3 heteroatoms. The maximum absolute atomic E-state index is 8.69. The third-order valence-corrected chi connectivity index (χ3v) is 1.44. The third-order valence-electron chi connectivity index (χ3n) is 1.44. The van der Waals surface area contributed by atoms with Gasteiger partial charge in [-0.1, -0.05) is 5.92 Å². The molecule has 0 aliphatic rings. The number of pyridine rings is 1. The van der Waals surface area contributed by atoms with Crippen LogP contribution in [0.4, 0.5) is 0 Å². The molecule has 3 nitrogen and oxygen atoms in total. The molecule has 1 aromatic rings. The second-order valence-electron chi connectivity index (χ2n) is 2.41. The van der Waals surface area contributed by atoms with Crippen LogP contribution in [0, 0.1) is 23.7 Å². The molecule has 0 saturated heterocycles. The molecule has 0 N–H and O–H groups in total. The normalized spacial score (nSPS) is 11.0. The maximum Gasteiger partial charge on any atom is 0.157 e. The number of terminal acetylenes is 1. The lowest BCUT2D eigenvalue weighted by Gasteiger charge is -2.08. The fourth-order valence-electron chi connectivity index (χ4n) is 0.791. The molecule has 1 aromatic heterocycles. The predicted octanol–water partition coefficient (Wildman–Crippen LogP) is 1.35. The first kappa shape index (κ1) is 9.09. The maximum atomic E-state index is 8.69. The molecule has 0 spiro atoms. The first-order valence-electron chi connectivity index (χ1n) is 3.75. The van der Waals surface area contributed by atoms with Gasteiger partial charge in [-0.2, -0.15) is 5.26 Å². The van der Waals surface area contributed by atoms with Gasteiger partial charge >= 0.3 is 0 Å². The van der Waals surface area contributed by atoms with Gasteiger partial charge in [0.05, 0.1) is 11.8 Å². The van der Waals surface area contributed by atoms with Crippen molar-refractivity contribution in [1.82, 2.24) is 4.98 Å². The number of aromatic nitrogens is 1. The van der Waals surface area contributed by atoms with E-state index in [9.17, 15) is 0 Å². The highest BCUT2D eigenvalue weighted by Crippen LogP contribution is 2.15. The molecule has 0 aromatic carbocycles. The molecular formula is C10H8N2O. The summed E-state index contributed by atoms with van der Waals surface area (Å²) in [6.07, 6.45) is 7.79. The fourth-order valence-corrected chi connectivity index (χ4v) is 0.791. The molecule has 0 radical (unpaired) electrons. The van der Waals surface area contributed by atoms with Crippen LogP contribution in [-0.4, -0.2) is 11.1 Å². The van der Waals surface area contributed by atoms with E-state index in [1.807, 2.05) is 6.07 Å². The zero-order valence-electron chi connectivity index (χ0n) is 7.19. The summed E-state index contributed by atoms with van der Waals surface area (Å²) >= 11 is 0. The number of nitriles is 1. The zero-order chi connectivity index (χ0) is 9.68. The van der Waals surface area contributed by atoms with Crippen molar-refractivity contribution in [2.24, 2.45) is 0 Å². The molecule has 1 unspecified atom stereocenters. The van der Waals surface area contributed by atoms with Gasteiger partial charge in [0.2, 0.25) is 0 Å². The Morgan fingerprint density at radius 1 is 1.69 bits per heavy atom. The summed E-state index contributed by atoms with van der Waals surface area (Å²) in [6, 6.07) is 3.57. The van der Waals surface area contributed by atoms with E-state index in [2.05, 4.69) is 10.9 Å². The van der Waals surface area contributed by atoms with Crippen molar-refractivity contribution in [1.29, 1.82) is 5.26 Å². The minimum Gasteiger partial charge on any atom is -0.475 e. The van der Waals surface area contributed by atoms with Crippen molar-refractivity contribution in [3.05, 3.63) is 24.0 Å². The van der Waals surface area contributed by atoms with Crippen LogP contribution >= 0.6 is 0 Å². The van der Waals surface area contributed by atoms with Crippen molar-refractivity contribution in [2.75, 3.05) is 0 Å². The molecular weight excluding hydrogens is 164 g/mol. The smallest absolute Gasteiger partial charge is 0.157 e. The Balaban J connectivity index is 2.90. The van der Waals surface area contributed by atoms with Crippen molar-refractivity contribution in [2.45, 2.75) is 13.0 Å². The Hall–Kier alpha value is -2.00. The largest absolute Gasteiger partial charge is 0.475 e. The van der Waals surface area contributed by atoms with Crippen LogP contribution < -0.4 is 4.74 Å². The minimum atomic E-state index is -0.351. The van der Waals surface area contributed by atoms with Gasteiger partial charge in [-0.25, -0.2) is 0 Å². The van der Waals surface area contributed by atoms with E-state index in [0.29, 0.717) is 11.3 Å². The monoisotopic (exact) mass is 172 g/mol. The summed E-state index contributed by atoms with van der Waals surface area (Å²) in [5, 5.41) is 8.69. The van der Waals surface area contributed by atoms with E-state index in [0.717, 1.165) is 0 Å². The molecule has 1 rings (SSSR count). The van der Waals surface area contributed by atoms with Crippen LogP contribution in [0.2, 0.25) is 0 Å². The van der Waals surface area contributed by atoms with Crippen LogP contribution in [0.3, 0.4) is 0 Å². The van der Waals surface area contributed by atoms with E-state index in [1.165, 1.54) is 12.4 Å². The number of hydrogen-bond donors (Lipinski definition) is 0. The molecule has 0 bridgehead atoms. The summed E-state index contributed by atoms with van der Waals surface area (Å²) in [7, 11) is 0. The predicted molar refractivity (Wildman–Crippen MR) is 47.9 cm³/mol. The number of hydrogen-bond acceptors (Lipinski definition) is 3. The Morgan fingerprint density at radius 3 is 3.08 bits per heavy atom. The number of ether oxygens (including phenoxy) is 1. The highest BCUT2D eigenvalue weighted by molar-refractivity contribution is 5.40. The van der Waals surface area contributed by atoms with Crippen molar-refractivity contribution in [3.63, 3.8) is 0 Å². The Morgan fingerprint density at radius 2 is 2.46 bits per heavy atom. The summed E-state index contributed by atoms with van der Waals surface area (Å²) in [6.45, 7) is 1.73. The van der Waals surface area contributed by atoms with E-state index in [4.69, 9.17) is 16.4 Å². The lowest BCUT2D eigenvalue weighted by Crippen LogP contribution is -2.09.